The van der Waals surface area contributed by atoms with E-state index in [2.05, 4.69) is 32.1 Å². The molecule has 6 radical (unpaired) electrons. The number of aldehydes is 1. The van der Waals surface area contributed by atoms with E-state index in [1.165, 1.54) is 5.56 Å². The number of hydrogen-bond acceptors (Lipinski definition) is 2. The molecule has 0 aromatic heterocycles. The van der Waals surface area contributed by atoms with E-state index in [0.29, 0.717) is 12.0 Å². The van der Waals surface area contributed by atoms with E-state index >= 15 is 0 Å². The van der Waals surface area contributed by atoms with E-state index in [1.807, 2.05) is 37.5 Å². The molecule has 1 aromatic rings. The molecule has 0 aliphatic heterocycles. The van der Waals surface area contributed by atoms with Crippen molar-refractivity contribution >= 4 is 6.29 Å². The van der Waals surface area contributed by atoms with Gasteiger partial charge in [-0.15, -0.1) is 0 Å². The third-order valence-electron chi connectivity index (χ3n) is 2.63. The normalized spacial score (nSPS) is 16.4. The van der Waals surface area contributed by atoms with Crippen molar-refractivity contribution in [1.29, 1.82) is 0 Å². The predicted molar refractivity (Wildman–Crippen MR) is 73.4 cm³/mol. The molecule has 0 bridgehead atoms. The summed E-state index contributed by atoms with van der Waals surface area (Å²) < 4.78 is 27.7. The van der Waals surface area contributed by atoms with Crippen molar-refractivity contribution in [2.24, 2.45) is 0 Å². The monoisotopic (exact) mass is 352 g/mol. The summed E-state index contributed by atoms with van der Waals surface area (Å²) in [6.07, 6.45) is 7.23. The average Bonchev–Trinajstić information content (AvgIpc) is 2.66. The second-order valence-electron chi connectivity index (χ2n) is 3.60. The largest absolute Gasteiger partial charge is 0 e. The minimum atomic E-state index is 0. The number of ether oxygens (including phenoxy) is 1. The van der Waals surface area contributed by atoms with Gasteiger partial charge in [0.1, 0.15) is 12.4 Å². The van der Waals surface area contributed by atoms with Crippen LogP contribution in [0.3, 0.4) is 0 Å². The zero-order valence-electron chi connectivity index (χ0n) is 12.2. The second-order valence-corrected chi connectivity index (χ2v) is 3.60. The minimum absolute atomic E-state index is 0. The molecule has 1 aromatic carbocycles. The summed E-state index contributed by atoms with van der Waals surface area (Å²) in [7, 11) is 1.58. The molecule has 1 aliphatic carbocycles. The maximum Gasteiger partial charge on any atom is 0 e. The smallest absolute Gasteiger partial charge is 0 e. The van der Waals surface area contributed by atoms with Crippen molar-refractivity contribution in [2.75, 3.05) is 7.11 Å². The first-order chi connectivity index (χ1) is 10.8. The summed E-state index contributed by atoms with van der Waals surface area (Å²) >= 11 is 0. The Morgan fingerprint density at radius 3 is 2.00 bits per heavy atom. The van der Waals surface area contributed by atoms with Gasteiger partial charge in [0.25, 0.3) is 0 Å². The van der Waals surface area contributed by atoms with Gasteiger partial charge in [-0.3, -0.25) is 0 Å². The standard InChI is InChI=1S/C14H13O2.3CO.Mn/c1-16-14-9-12(7-8-13(14)10-15)11-5-3-2-4-6-11;3*1-2;/h2-10,12H,1H3;;;;. The summed E-state index contributed by atoms with van der Waals surface area (Å²) in [6.45, 7) is 13.5. The van der Waals surface area contributed by atoms with E-state index in [-0.39, 0.29) is 23.0 Å². The fourth-order valence-corrected chi connectivity index (χ4v) is 1.77. The molecule has 5 nitrogen and oxygen atoms in total. The molecule has 0 heterocycles. The Labute approximate surface area is 147 Å². The molecule has 0 N–H and O–H groups in total. The first kappa shape index (κ1) is 26.5. The van der Waals surface area contributed by atoms with Crippen LogP contribution in [0, 0.1) is 51.2 Å². The van der Waals surface area contributed by atoms with Crippen LogP contribution in [-0.4, -0.2) is 13.4 Å². The van der Waals surface area contributed by atoms with Crippen LogP contribution in [0.1, 0.15) is 11.5 Å². The summed E-state index contributed by atoms with van der Waals surface area (Å²) in [4.78, 5) is 10.8. The molecule has 0 spiro atoms. The molecule has 1 saturated carbocycles. The molecule has 1 aliphatic rings. The van der Waals surface area contributed by atoms with Crippen molar-refractivity contribution in [3.8, 4) is 0 Å². The molecule has 2 rings (SSSR count). The second kappa shape index (κ2) is 18.6. The quantitative estimate of drug-likeness (QED) is 0.362. The minimum Gasteiger partial charge on any atom is 0 e. The van der Waals surface area contributed by atoms with E-state index in [1.54, 1.807) is 7.11 Å². The van der Waals surface area contributed by atoms with E-state index in [9.17, 15) is 4.79 Å². The van der Waals surface area contributed by atoms with Gasteiger partial charge in [-0.05, 0) is 24.3 Å². The zero-order valence-corrected chi connectivity index (χ0v) is 13.4. The molecule has 0 saturated heterocycles. The van der Waals surface area contributed by atoms with Crippen LogP contribution in [0.5, 0.6) is 0 Å². The van der Waals surface area contributed by atoms with Gasteiger partial charge >= 0.3 is 33.9 Å². The average molecular weight is 352 g/mol. The number of rotatable bonds is 3. The fourth-order valence-electron chi connectivity index (χ4n) is 1.77. The van der Waals surface area contributed by atoms with Crippen LogP contribution in [0.25, 0.3) is 0 Å². The Morgan fingerprint density at radius 1 is 1.04 bits per heavy atom. The van der Waals surface area contributed by atoms with Gasteiger partial charge in [0, 0.05) is 30.6 Å². The third kappa shape index (κ3) is 9.35. The van der Waals surface area contributed by atoms with Crippen LogP contribution in [0.2, 0.25) is 0 Å². The van der Waals surface area contributed by atoms with Gasteiger partial charge in [-0.2, -0.15) is 0 Å². The fraction of sp³-hybridized carbons (Fsp3) is 0.118. The number of carbonyl (C=O) groups excluding carboxylic acids is 1. The van der Waals surface area contributed by atoms with Crippen molar-refractivity contribution in [1.82, 2.24) is 0 Å². The SMILES string of the molecule is CO[C]1[CH]C(c2ccccc2)[CH][CH][C]1C=O.[C-]#[O+].[C-]#[O+].[C-]#[O+].[Mn]. The van der Waals surface area contributed by atoms with E-state index in [0.717, 1.165) is 6.29 Å². The number of methoxy groups -OCH3 is 1. The Morgan fingerprint density at radius 2 is 1.57 bits per heavy atom. The summed E-state index contributed by atoms with van der Waals surface area (Å²) in [5, 5.41) is 0. The van der Waals surface area contributed by atoms with E-state index < -0.39 is 0 Å². The molecule has 1 atom stereocenters. The zero-order chi connectivity index (χ0) is 17.4. The van der Waals surface area contributed by atoms with E-state index in [4.69, 9.17) is 18.7 Å². The molecular formula is C17H13MnO5. The topological polar surface area (TPSA) is 86.0 Å². The van der Waals surface area contributed by atoms with Crippen LogP contribution in [-0.2, 0) is 40.6 Å². The molecule has 118 valence electrons. The summed E-state index contributed by atoms with van der Waals surface area (Å²) in [5.41, 5.74) is 1.19. The van der Waals surface area contributed by atoms with Crippen molar-refractivity contribution in [3.05, 3.63) is 87.1 Å². The van der Waals surface area contributed by atoms with Gasteiger partial charge < -0.3 is 9.53 Å². The van der Waals surface area contributed by atoms with Gasteiger partial charge in [0.15, 0.2) is 0 Å². The molecule has 6 heteroatoms. The van der Waals surface area contributed by atoms with Crippen LogP contribution >= 0.6 is 0 Å². The van der Waals surface area contributed by atoms with Gasteiger partial charge in [0.2, 0.25) is 0 Å². The van der Waals surface area contributed by atoms with Crippen LogP contribution < -0.4 is 0 Å². The maximum absolute atomic E-state index is 10.8. The van der Waals surface area contributed by atoms with Crippen LogP contribution in [0.4, 0.5) is 0 Å². The van der Waals surface area contributed by atoms with Gasteiger partial charge in [0.05, 0.1) is 5.92 Å². The van der Waals surface area contributed by atoms with Gasteiger partial charge in [-0.1, -0.05) is 30.3 Å². The number of carbonyl (C=O) groups is 1. The molecule has 1 fully saturated rings. The summed E-state index contributed by atoms with van der Waals surface area (Å²) in [5.74, 6) is 0.773. The predicted octanol–water partition coefficient (Wildman–Crippen LogP) is 2.23. The molecule has 1 unspecified atom stereocenters. The maximum atomic E-state index is 10.8. The Hall–Kier alpha value is -1.41. The van der Waals surface area contributed by atoms with Gasteiger partial charge in [-0.25, -0.2) is 0 Å². The van der Waals surface area contributed by atoms with Crippen molar-refractivity contribution in [3.63, 3.8) is 0 Å². The molecule has 0 amide bonds. The Kier molecular flexibility index (Phi) is 21.5. The van der Waals surface area contributed by atoms with Crippen molar-refractivity contribution in [2.45, 2.75) is 5.92 Å². The molecule has 23 heavy (non-hydrogen) atoms. The summed E-state index contributed by atoms with van der Waals surface area (Å²) in [6, 6.07) is 10.1. The first-order valence-electron chi connectivity index (χ1n) is 5.78. The Bertz CT molecular complexity index is 441. The first-order valence-corrected chi connectivity index (χ1v) is 5.78. The molecular weight excluding hydrogens is 339 g/mol. The number of hydrogen-bond donors (Lipinski definition) is 0. The Balaban J connectivity index is -0.000000514. The van der Waals surface area contributed by atoms with Crippen molar-refractivity contribution < 1.29 is 40.6 Å². The van der Waals surface area contributed by atoms with Crippen LogP contribution in [0.15, 0.2) is 30.3 Å². The third-order valence-corrected chi connectivity index (χ3v) is 2.63. The number of benzene rings is 1.